The number of carbonyl (C=O) groups is 1. The molecular formula is C18H17ClFNO2. The molecule has 2 aromatic rings. The van der Waals surface area contributed by atoms with Crippen LogP contribution in [0.4, 0.5) is 4.39 Å². The summed E-state index contributed by atoms with van der Waals surface area (Å²) in [5.41, 5.74) is 1.70. The summed E-state index contributed by atoms with van der Waals surface area (Å²) in [5.74, 6) is -0.260. The zero-order valence-electron chi connectivity index (χ0n) is 12.5. The predicted molar refractivity (Wildman–Crippen MR) is 86.8 cm³/mol. The van der Waals surface area contributed by atoms with E-state index in [4.69, 9.17) is 16.3 Å². The van der Waals surface area contributed by atoms with Crippen LogP contribution in [0.3, 0.4) is 0 Å². The number of ether oxygens (including phenoxy) is 1. The van der Waals surface area contributed by atoms with Gasteiger partial charge in [-0.05, 0) is 29.3 Å². The summed E-state index contributed by atoms with van der Waals surface area (Å²) in [7, 11) is 0. The molecule has 0 N–H and O–H groups in total. The second-order valence-corrected chi connectivity index (χ2v) is 5.93. The SMILES string of the molecule is O=C(Cc1ccccc1Cl)N1CCO[C@@H](c2ccc(F)cc2)C1. The van der Waals surface area contributed by atoms with Gasteiger partial charge in [-0.1, -0.05) is 41.9 Å². The van der Waals surface area contributed by atoms with Gasteiger partial charge in [-0.2, -0.15) is 0 Å². The Labute approximate surface area is 139 Å². The molecule has 1 heterocycles. The smallest absolute Gasteiger partial charge is 0.227 e. The topological polar surface area (TPSA) is 29.5 Å². The second kappa shape index (κ2) is 7.11. The van der Waals surface area contributed by atoms with Crippen LogP contribution in [0.25, 0.3) is 0 Å². The van der Waals surface area contributed by atoms with Crippen LogP contribution in [-0.4, -0.2) is 30.5 Å². The molecular weight excluding hydrogens is 317 g/mol. The highest BCUT2D eigenvalue weighted by molar-refractivity contribution is 6.31. The fourth-order valence-corrected chi connectivity index (χ4v) is 2.87. The van der Waals surface area contributed by atoms with Crippen LogP contribution in [0.15, 0.2) is 48.5 Å². The van der Waals surface area contributed by atoms with Gasteiger partial charge in [0.2, 0.25) is 5.91 Å². The van der Waals surface area contributed by atoms with Gasteiger partial charge in [0.15, 0.2) is 0 Å². The average Bonchev–Trinajstić information content (AvgIpc) is 2.58. The molecule has 3 nitrogen and oxygen atoms in total. The van der Waals surface area contributed by atoms with Crippen molar-refractivity contribution in [3.8, 4) is 0 Å². The van der Waals surface area contributed by atoms with Gasteiger partial charge in [0.25, 0.3) is 0 Å². The zero-order chi connectivity index (χ0) is 16.2. The summed E-state index contributed by atoms with van der Waals surface area (Å²) in [5, 5.41) is 0.601. The van der Waals surface area contributed by atoms with E-state index in [1.54, 1.807) is 23.1 Å². The summed E-state index contributed by atoms with van der Waals surface area (Å²) < 4.78 is 18.7. The van der Waals surface area contributed by atoms with Crippen LogP contribution in [-0.2, 0) is 16.0 Å². The minimum atomic E-state index is -0.281. The summed E-state index contributed by atoms with van der Waals surface area (Å²) in [4.78, 5) is 14.3. The molecule has 5 heteroatoms. The molecule has 2 aromatic carbocycles. The third-order valence-electron chi connectivity index (χ3n) is 3.96. The van der Waals surface area contributed by atoms with Crippen molar-refractivity contribution in [2.75, 3.05) is 19.7 Å². The molecule has 120 valence electrons. The Morgan fingerprint density at radius 3 is 2.70 bits per heavy atom. The van der Waals surface area contributed by atoms with Crippen molar-refractivity contribution in [1.82, 2.24) is 4.90 Å². The van der Waals surface area contributed by atoms with Gasteiger partial charge in [-0.25, -0.2) is 4.39 Å². The highest BCUT2D eigenvalue weighted by Gasteiger charge is 2.25. The molecule has 0 aliphatic carbocycles. The maximum atomic E-state index is 13.0. The molecule has 0 unspecified atom stereocenters. The van der Waals surface area contributed by atoms with Gasteiger partial charge < -0.3 is 9.64 Å². The van der Waals surface area contributed by atoms with E-state index in [2.05, 4.69) is 0 Å². The summed E-state index contributed by atoms with van der Waals surface area (Å²) in [6.45, 7) is 1.49. The predicted octanol–water partition coefficient (Wildman–Crippen LogP) is 3.62. The molecule has 0 spiro atoms. The Bertz CT molecular complexity index is 690. The molecule has 3 rings (SSSR count). The molecule has 0 radical (unpaired) electrons. The van der Waals surface area contributed by atoms with Crippen molar-refractivity contribution in [2.24, 2.45) is 0 Å². The molecule has 0 aromatic heterocycles. The van der Waals surface area contributed by atoms with Crippen LogP contribution < -0.4 is 0 Å². The standard InChI is InChI=1S/C18H17ClFNO2/c19-16-4-2-1-3-14(16)11-18(22)21-9-10-23-17(12-21)13-5-7-15(20)8-6-13/h1-8,17H,9-12H2/t17-/m1/s1. The number of halogens is 2. The van der Waals surface area contributed by atoms with E-state index in [0.717, 1.165) is 11.1 Å². The molecule has 0 bridgehead atoms. The lowest BCUT2D eigenvalue weighted by Crippen LogP contribution is -2.43. The van der Waals surface area contributed by atoms with E-state index in [0.29, 0.717) is 24.7 Å². The number of hydrogen-bond acceptors (Lipinski definition) is 2. The Hall–Kier alpha value is -1.91. The van der Waals surface area contributed by atoms with Gasteiger partial charge in [0.1, 0.15) is 11.9 Å². The monoisotopic (exact) mass is 333 g/mol. The van der Waals surface area contributed by atoms with Crippen molar-refractivity contribution in [1.29, 1.82) is 0 Å². The summed E-state index contributed by atoms with van der Waals surface area (Å²) >= 11 is 6.12. The third kappa shape index (κ3) is 3.89. The van der Waals surface area contributed by atoms with E-state index in [1.165, 1.54) is 12.1 Å². The molecule has 1 fully saturated rings. The van der Waals surface area contributed by atoms with Gasteiger partial charge >= 0.3 is 0 Å². The molecule has 0 saturated carbocycles. The van der Waals surface area contributed by atoms with Crippen molar-refractivity contribution in [3.63, 3.8) is 0 Å². The van der Waals surface area contributed by atoms with Crippen molar-refractivity contribution in [2.45, 2.75) is 12.5 Å². The molecule has 1 aliphatic heterocycles. The largest absolute Gasteiger partial charge is 0.370 e. The highest BCUT2D eigenvalue weighted by atomic mass is 35.5. The van der Waals surface area contributed by atoms with Crippen LogP contribution in [0.1, 0.15) is 17.2 Å². The number of benzene rings is 2. The Morgan fingerprint density at radius 1 is 1.22 bits per heavy atom. The normalized spacial score (nSPS) is 18.0. The molecule has 1 amide bonds. The summed E-state index contributed by atoms with van der Waals surface area (Å²) in [6.07, 6.45) is 0.0510. The first kappa shape index (κ1) is 16.0. The van der Waals surface area contributed by atoms with Crippen LogP contribution in [0.5, 0.6) is 0 Å². The molecule has 23 heavy (non-hydrogen) atoms. The lowest BCUT2D eigenvalue weighted by molar-refractivity contribution is -0.138. The van der Waals surface area contributed by atoms with Crippen molar-refractivity contribution in [3.05, 3.63) is 70.5 Å². The number of amides is 1. The Morgan fingerprint density at radius 2 is 1.96 bits per heavy atom. The number of nitrogens with zero attached hydrogens (tertiary/aromatic N) is 1. The molecule has 1 aliphatic rings. The molecule has 1 atom stereocenters. The van der Waals surface area contributed by atoms with Crippen LogP contribution in [0.2, 0.25) is 5.02 Å². The lowest BCUT2D eigenvalue weighted by atomic mass is 10.1. The van der Waals surface area contributed by atoms with Crippen LogP contribution in [0, 0.1) is 5.82 Å². The Balaban J connectivity index is 1.67. The first-order chi connectivity index (χ1) is 11.1. The highest BCUT2D eigenvalue weighted by Crippen LogP contribution is 2.23. The first-order valence-electron chi connectivity index (χ1n) is 7.52. The van der Waals surface area contributed by atoms with Gasteiger partial charge in [-0.3, -0.25) is 4.79 Å². The second-order valence-electron chi connectivity index (χ2n) is 5.52. The zero-order valence-corrected chi connectivity index (χ0v) is 13.3. The summed E-state index contributed by atoms with van der Waals surface area (Å²) in [6, 6.07) is 13.6. The Kier molecular flexibility index (Phi) is 4.94. The number of morpholine rings is 1. The third-order valence-corrected chi connectivity index (χ3v) is 4.33. The van der Waals surface area contributed by atoms with E-state index in [1.807, 2.05) is 18.2 Å². The quantitative estimate of drug-likeness (QED) is 0.858. The maximum absolute atomic E-state index is 13.0. The first-order valence-corrected chi connectivity index (χ1v) is 7.89. The van der Waals surface area contributed by atoms with E-state index < -0.39 is 0 Å². The van der Waals surface area contributed by atoms with Gasteiger partial charge in [0.05, 0.1) is 19.6 Å². The van der Waals surface area contributed by atoms with Crippen molar-refractivity contribution >= 4 is 17.5 Å². The van der Waals surface area contributed by atoms with E-state index in [-0.39, 0.29) is 24.2 Å². The van der Waals surface area contributed by atoms with E-state index in [9.17, 15) is 9.18 Å². The fraction of sp³-hybridized carbons (Fsp3) is 0.278. The van der Waals surface area contributed by atoms with Crippen molar-refractivity contribution < 1.29 is 13.9 Å². The minimum absolute atomic E-state index is 0.0218. The van der Waals surface area contributed by atoms with Crippen LogP contribution >= 0.6 is 11.6 Å². The van der Waals surface area contributed by atoms with Gasteiger partial charge in [0, 0.05) is 11.6 Å². The lowest BCUT2D eigenvalue weighted by Gasteiger charge is -2.33. The van der Waals surface area contributed by atoms with Gasteiger partial charge in [-0.15, -0.1) is 0 Å². The average molecular weight is 334 g/mol. The van der Waals surface area contributed by atoms with E-state index >= 15 is 0 Å². The minimum Gasteiger partial charge on any atom is -0.370 e. The molecule has 1 saturated heterocycles. The fourth-order valence-electron chi connectivity index (χ4n) is 2.67. The number of carbonyl (C=O) groups excluding carboxylic acids is 1. The number of hydrogen-bond donors (Lipinski definition) is 0. The maximum Gasteiger partial charge on any atom is 0.227 e. The number of rotatable bonds is 3.